The van der Waals surface area contributed by atoms with Gasteiger partial charge in [-0.1, -0.05) is 64.5 Å². The molecule has 3 rings (SSSR count). The van der Waals surface area contributed by atoms with Crippen LogP contribution in [-0.2, 0) is 6.42 Å². The topological polar surface area (TPSA) is 9.23 Å². The van der Waals surface area contributed by atoms with Crippen molar-refractivity contribution in [2.24, 2.45) is 23.7 Å². The fraction of sp³-hybridized carbons (Fsp3) is 0.793. The number of halogens is 1. The minimum Gasteiger partial charge on any atom is -0.493 e. The number of hydrogen-bond acceptors (Lipinski definition) is 1. The van der Waals surface area contributed by atoms with E-state index in [1.165, 1.54) is 82.6 Å². The first-order valence-corrected chi connectivity index (χ1v) is 13.5. The highest BCUT2D eigenvalue weighted by Crippen LogP contribution is 2.39. The van der Waals surface area contributed by atoms with Crippen LogP contribution in [0.2, 0.25) is 0 Å². The molecular weight excluding hydrogens is 383 g/mol. The Kier molecular flexibility index (Phi) is 10.7. The largest absolute Gasteiger partial charge is 0.493 e. The van der Waals surface area contributed by atoms with Gasteiger partial charge in [0.15, 0.2) is 0 Å². The summed E-state index contributed by atoms with van der Waals surface area (Å²) in [5.74, 6) is 3.47. The van der Waals surface area contributed by atoms with Crippen molar-refractivity contribution >= 4 is 0 Å². The van der Waals surface area contributed by atoms with Gasteiger partial charge < -0.3 is 4.74 Å². The molecule has 0 spiro atoms. The van der Waals surface area contributed by atoms with Gasteiger partial charge in [-0.15, -0.1) is 0 Å². The van der Waals surface area contributed by atoms with Crippen LogP contribution >= 0.6 is 0 Å². The SMILES string of the molecule is CCCCCc1ccc(OCC2CCC(CC(F)C3CCC(CCC)CC3)CC2)cc1. The van der Waals surface area contributed by atoms with Gasteiger partial charge in [-0.25, -0.2) is 4.39 Å². The summed E-state index contributed by atoms with van der Waals surface area (Å²) in [6.45, 7) is 5.35. The highest BCUT2D eigenvalue weighted by atomic mass is 19.1. The van der Waals surface area contributed by atoms with Crippen LogP contribution in [-0.4, -0.2) is 12.8 Å². The number of unbranched alkanes of at least 4 members (excludes halogenated alkanes) is 2. The molecule has 1 aromatic carbocycles. The summed E-state index contributed by atoms with van der Waals surface area (Å²) >= 11 is 0. The molecule has 0 amide bonds. The molecular formula is C29H47FO. The lowest BCUT2D eigenvalue weighted by atomic mass is 9.74. The van der Waals surface area contributed by atoms with Gasteiger partial charge in [0.1, 0.15) is 11.9 Å². The lowest BCUT2D eigenvalue weighted by Crippen LogP contribution is -2.27. The molecule has 0 radical (unpaired) electrons. The monoisotopic (exact) mass is 430 g/mol. The molecule has 2 fully saturated rings. The van der Waals surface area contributed by atoms with Gasteiger partial charge >= 0.3 is 0 Å². The van der Waals surface area contributed by atoms with Crippen LogP contribution in [0, 0.1) is 23.7 Å². The summed E-state index contributed by atoms with van der Waals surface area (Å²) in [6.07, 6.45) is 17.5. The lowest BCUT2D eigenvalue weighted by Gasteiger charge is -2.34. The molecule has 1 atom stereocenters. The number of hydrogen-bond donors (Lipinski definition) is 0. The number of aryl methyl sites for hydroxylation is 1. The smallest absolute Gasteiger partial charge is 0.119 e. The maximum absolute atomic E-state index is 15.0. The Morgan fingerprint density at radius 3 is 2.10 bits per heavy atom. The Labute approximate surface area is 191 Å². The van der Waals surface area contributed by atoms with Crippen molar-refractivity contribution in [1.82, 2.24) is 0 Å². The maximum Gasteiger partial charge on any atom is 0.119 e. The van der Waals surface area contributed by atoms with Gasteiger partial charge in [-0.3, -0.25) is 0 Å². The molecule has 0 aromatic heterocycles. The molecule has 2 aliphatic carbocycles. The van der Waals surface area contributed by atoms with Crippen molar-refractivity contribution < 1.29 is 9.13 Å². The van der Waals surface area contributed by atoms with E-state index in [-0.39, 0.29) is 0 Å². The molecule has 0 bridgehead atoms. The summed E-state index contributed by atoms with van der Waals surface area (Å²) in [6, 6.07) is 8.71. The molecule has 2 heteroatoms. The molecule has 1 nitrogen and oxygen atoms in total. The fourth-order valence-corrected chi connectivity index (χ4v) is 5.94. The first-order chi connectivity index (χ1) is 15.2. The average Bonchev–Trinajstić information content (AvgIpc) is 2.80. The van der Waals surface area contributed by atoms with Gasteiger partial charge in [0.05, 0.1) is 6.61 Å². The van der Waals surface area contributed by atoms with Crippen molar-refractivity contribution in [3.8, 4) is 5.75 Å². The zero-order valence-electron chi connectivity index (χ0n) is 20.3. The molecule has 176 valence electrons. The molecule has 0 aliphatic heterocycles. The average molecular weight is 431 g/mol. The zero-order chi connectivity index (χ0) is 21.9. The van der Waals surface area contributed by atoms with E-state index in [1.54, 1.807) is 0 Å². The predicted octanol–water partition coefficient (Wildman–Crippen LogP) is 8.94. The zero-order valence-corrected chi connectivity index (χ0v) is 20.3. The molecule has 1 unspecified atom stereocenters. The fourth-order valence-electron chi connectivity index (χ4n) is 5.94. The Morgan fingerprint density at radius 1 is 0.806 bits per heavy atom. The van der Waals surface area contributed by atoms with E-state index in [4.69, 9.17) is 4.74 Å². The van der Waals surface area contributed by atoms with Crippen LogP contribution in [0.15, 0.2) is 24.3 Å². The Hall–Kier alpha value is -1.05. The molecule has 0 N–H and O–H groups in total. The minimum absolute atomic E-state index is 0.346. The number of benzene rings is 1. The van der Waals surface area contributed by atoms with E-state index in [1.807, 2.05) is 0 Å². The summed E-state index contributed by atoms with van der Waals surface area (Å²) in [7, 11) is 0. The highest BCUT2D eigenvalue weighted by molar-refractivity contribution is 5.27. The van der Waals surface area contributed by atoms with Crippen LogP contribution in [0.3, 0.4) is 0 Å². The first-order valence-electron chi connectivity index (χ1n) is 13.5. The summed E-state index contributed by atoms with van der Waals surface area (Å²) < 4.78 is 21.1. The third kappa shape index (κ3) is 8.43. The van der Waals surface area contributed by atoms with E-state index < -0.39 is 6.17 Å². The molecule has 0 saturated heterocycles. The van der Waals surface area contributed by atoms with Crippen molar-refractivity contribution in [3.63, 3.8) is 0 Å². The Balaban J connectivity index is 1.30. The standard InChI is InChI=1S/C29H47FO/c1-3-5-6-8-24-15-19-28(20-16-24)31-22-26-11-9-25(10-12-26)21-29(30)27-17-13-23(7-4-2)14-18-27/h15-16,19-20,23,25-27,29H,3-14,17-18,21-22H2,1-2H3. The summed E-state index contributed by atoms with van der Waals surface area (Å²) in [4.78, 5) is 0. The van der Waals surface area contributed by atoms with Gasteiger partial charge in [0, 0.05) is 0 Å². The Morgan fingerprint density at radius 2 is 1.45 bits per heavy atom. The lowest BCUT2D eigenvalue weighted by molar-refractivity contribution is 0.107. The molecule has 1 aromatic rings. The van der Waals surface area contributed by atoms with Gasteiger partial charge in [0.2, 0.25) is 0 Å². The van der Waals surface area contributed by atoms with E-state index in [9.17, 15) is 4.39 Å². The van der Waals surface area contributed by atoms with Gasteiger partial charge in [-0.2, -0.15) is 0 Å². The van der Waals surface area contributed by atoms with Gasteiger partial charge in [-0.05, 0) is 99.2 Å². The number of rotatable bonds is 12. The van der Waals surface area contributed by atoms with Crippen LogP contribution < -0.4 is 4.74 Å². The molecule has 2 saturated carbocycles. The van der Waals surface area contributed by atoms with Crippen LogP contribution in [0.1, 0.15) is 109 Å². The third-order valence-electron chi connectivity index (χ3n) is 8.10. The minimum atomic E-state index is -0.559. The highest BCUT2D eigenvalue weighted by Gasteiger charge is 2.30. The second kappa shape index (κ2) is 13.5. The van der Waals surface area contributed by atoms with Crippen molar-refractivity contribution in [2.75, 3.05) is 6.61 Å². The normalized spacial score (nSPS) is 27.7. The van der Waals surface area contributed by atoms with Crippen LogP contribution in [0.25, 0.3) is 0 Å². The van der Waals surface area contributed by atoms with Crippen molar-refractivity contribution in [3.05, 3.63) is 29.8 Å². The summed E-state index contributed by atoms with van der Waals surface area (Å²) in [5.41, 5.74) is 1.42. The summed E-state index contributed by atoms with van der Waals surface area (Å²) in [5, 5.41) is 0. The molecule has 31 heavy (non-hydrogen) atoms. The van der Waals surface area contributed by atoms with E-state index >= 15 is 0 Å². The molecule has 0 heterocycles. The second-order valence-electron chi connectivity index (χ2n) is 10.6. The number of ether oxygens (including phenoxy) is 1. The first kappa shape index (κ1) is 24.6. The maximum atomic E-state index is 15.0. The van der Waals surface area contributed by atoms with Crippen molar-refractivity contribution in [2.45, 2.75) is 116 Å². The van der Waals surface area contributed by atoms with E-state index in [2.05, 4.69) is 38.1 Å². The van der Waals surface area contributed by atoms with Gasteiger partial charge in [0.25, 0.3) is 0 Å². The quantitative estimate of drug-likeness (QED) is 0.301. The van der Waals surface area contributed by atoms with E-state index in [0.717, 1.165) is 37.5 Å². The van der Waals surface area contributed by atoms with Crippen LogP contribution in [0.4, 0.5) is 4.39 Å². The van der Waals surface area contributed by atoms with Crippen molar-refractivity contribution in [1.29, 1.82) is 0 Å². The predicted molar refractivity (Wildman–Crippen MR) is 130 cm³/mol. The third-order valence-corrected chi connectivity index (χ3v) is 8.10. The second-order valence-corrected chi connectivity index (χ2v) is 10.6. The van der Waals surface area contributed by atoms with E-state index in [0.29, 0.717) is 17.8 Å². The molecule has 2 aliphatic rings. The van der Waals surface area contributed by atoms with Crippen LogP contribution in [0.5, 0.6) is 5.75 Å². The number of alkyl halides is 1. The Bertz CT molecular complexity index is 581.